The maximum Gasteiger partial charge on any atom is 0.224 e. The van der Waals surface area contributed by atoms with Crippen molar-refractivity contribution in [2.75, 3.05) is 50.0 Å². The van der Waals surface area contributed by atoms with Gasteiger partial charge in [0.1, 0.15) is 5.82 Å². The third kappa shape index (κ3) is 5.03. The Morgan fingerprint density at radius 2 is 1.84 bits per heavy atom. The Morgan fingerprint density at radius 1 is 1.11 bits per heavy atom. The Balaban J connectivity index is 2.52. The van der Waals surface area contributed by atoms with E-state index in [1.807, 2.05) is 13.1 Å². The van der Waals surface area contributed by atoms with Gasteiger partial charge in [-0.05, 0) is 39.0 Å². The molecule has 0 bridgehead atoms. The molecule has 0 spiro atoms. The predicted molar refractivity (Wildman–Crippen MR) is 81.9 cm³/mol. The summed E-state index contributed by atoms with van der Waals surface area (Å²) in [5.41, 5.74) is 0. The lowest BCUT2D eigenvalue weighted by Gasteiger charge is -2.24. The average Bonchev–Trinajstić information content (AvgIpc) is 2.47. The van der Waals surface area contributed by atoms with Gasteiger partial charge in [-0.2, -0.15) is 4.98 Å². The van der Waals surface area contributed by atoms with Gasteiger partial charge in [-0.1, -0.05) is 13.8 Å². The van der Waals surface area contributed by atoms with E-state index < -0.39 is 0 Å². The first-order valence-electron chi connectivity index (χ1n) is 7.23. The molecule has 5 nitrogen and oxygen atoms in total. The van der Waals surface area contributed by atoms with E-state index in [4.69, 9.17) is 0 Å². The van der Waals surface area contributed by atoms with Crippen molar-refractivity contribution >= 4 is 11.8 Å². The van der Waals surface area contributed by atoms with Crippen molar-refractivity contribution in [3.8, 4) is 0 Å². The van der Waals surface area contributed by atoms with E-state index in [9.17, 15) is 0 Å². The van der Waals surface area contributed by atoms with Crippen molar-refractivity contribution < 1.29 is 0 Å². The average molecular weight is 265 g/mol. The normalized spacial score (nSPS) is 10.8. The van der Waals surface area contributed by atoms with Crippen LogP contribution < -0.4 is 10.2 Å². The number of nitrogens with zero attached hydrogens (tertiary/aromatic N) is 4. The van der Waals surface area contributed by atoms with Crippen LogP contribution in [0, 0.1) is 0 Å². The van der Waals surface area contributed by atoms with Gasteiger partial charge < -0.3 is 15.1 Å². The zero-order chi connectivity index (χ0) is 14.1. The second-order valence-corrected chi connectivity index (χ2v) is 4.45. The van der Waals surface area contributed by atoms with Crippen LogP contribution >= 0.6 is 0 Å². The quantitative estimate of drug-likeness (QED) is 0.740. The molecule has 1 aromatic heterocycles. The van der Waals surface area contributed by atoms with Gasteiger partial charge in [0.25, 0.3) is 0 Å². The zero-order valence-electron chi connectivity index (χ0n) is 12.7. The van der Waals surface area contributed by atoms with Crippen LogP contribution in [-0.4, -0.2) is 54.6 Å². The van der Waals surface area contributed by atoms with E-state index in [2.05, 4.69) is 45.9 Å². The SMILES string of the molecule is CCN(CC)CCCN(CC)c1ccnc(NC)n1. The van der Waals surface area contributed by atoms with Crippen LogP contribution in [0.4, 0.5) is 11.8 Å². The highest BCUT2D eigenvalue weighted by molar-refractivity contribution is 5.41. The molecule has 0 radical (unpaired) electrons. The second kappa shape index (κ2) is 8.69. The van der Waals surface area contributed by atoms with Gasteiger partial charge in [-0.15, -0.1) is 0 Å². The highest BCUT2D eigenvalue weighted by atomic mass is 15.2. The Labute approximate surface area is 117 Å². The third-order valence-electron chi connectivity index (χ3n) is 3.37. The highest BCUT2D eigenvalue weighted by Gasteiger charge is 2.07. The lowest BCUT2D eigenvalue weighted by atomic mass is 10.3. The maximum absolute atomic E-state index is 4.49. The summed E-state index contributed by atoms with van der Waals surface area (Å²) < 4.78 is 0. The summed E-state index contributed by atoms with van der Waals surface area (Å²) in [4.78, 5) is 13.4. The molecule has 5 heteroatoms. The molecule has 0 saturated carbocycles. The summed E-state index contributed by atoms with van der Waals surface area (Å²) in [7, 11) is 1.84. The molecular formula is C14H27N5. The topological polar surface area (TPSA) is 44.3 Å². The van der Waals surface area contributed by atoms with E-state index >= 15 is 0 Å². The maximum atomic E-state index is 4.49. The minimum atomic E-state index is 0.680. The van der Waals surface area contributed by atoms with Crippen LogP contribution in [0.25, 0.3) is 0 Å². The number of hydrogen-bond acceptors (Lipinski definition) is 5. The molecule has 19 heavy (non-hydrogen) atoms. The lowest BCUT2D eigenvalue weighted by Crippen LogP contribution is -2.30. The van der Waals surface area contributed by atoms with Crippen molar-refractivity contribution in [2.24, 2.45) is 0 Å². The molecule has 0 fully saturated rings. The molecular weight excluding hydrogens is 238 g/mol. The van der Waals surface area contributed by atoms with Crippen LogP contribution in [0.15, 0.2) is 12.3 Å². The number of aromatic nitrogens is 2. The molecule has 0 amide bonds. The van der Waals surface area contributed by atoms with Gasteiger partial charge in [0, 0.05) is 26.3 Å². The van der Waals surface area contributed by atoms with Crippen molar-refractivity contribution in [3.05, 3.63) is 12.3 Å². The van der Waals surface area contributed by atoms with E-state index in [1.165, 1.54) is 0 Å². The number of nitrogens with one attached hydrogen (secondary N) is 1. The van der Waals surface area contributed by atoms with Gasteiger partial charge in [0.15, 0.2) is 0 Å². The van der Waals surface area contributed by atoms with Gasteiger partial charge in [0.2, 0.25) is 5.95 Å². The van der Waals surface area contributed by atoms with Crippen LogP contribution in [0.5, 0.6) is 0 Å². The lowest BCUT2D eigenvalue weighted by molar-refractivity contribution is 0.300. The van der Waals surface area contributed by atoms with Gasteiger partial charge in [-0.25, -0.2) is 4.98 Å². The Bertz CT molecular complexity index is 351. The van der Waals surface area contributed by atoms with Crippen molar-refractivity contribution in [3.63, 3.8) is 0 Å². The molecule has 0 atom stereocenters. The molecule has 1 aromatic rings. The fourth-order valence-electron chi connectivity index (χ4n) is 2.11. The van der Waals surface area contributed by atoms with Gasteiger partial charge >= 0.3 is 0 Å². The largest absolute Gasteiger partial charge is 0.357 e. The molecule has 0 unspecified atom stereocenters. The summed E-state index contributed by atoms with van der Waals surface area (Å²) >= 11 is 0. The molecule has 1 heterocycles. The van der Waals surface area contributed by atoms with Crippen molar-refractivity contribution in [2.45, 2.75) is 27.2 Å². The summed E-state index contributed by atoms with van der Waals surface area (Å²) in [6.07, 6.45) is 2.97. The molecule has 108 valence electrons. The Morgan fingerprint density at radius 3 is 2.42 bits per heavy atom. The second-order valence-electron chi connectivity index (χ2n) is 4.45. The van der Waals surface area contributed by atoms with E-state index in [1.54, 1.807) is 6.20 Å². The first-order valence-corrected chi connectivity index (χ1v) is 7.23. The first-order chi connectivity index (χ1) is 9.24. The van der Waals surface area contributed by atoms with E-state index in [0.717, 1.165) is 45.0 Å². The number of rotatable bonds is 9. The first kappa shape index (κ1) is 15.7. The van der Waals surface area contributed by atoms with Gasteiger partial charge in [0.05, 0.1) is 0 Å². The fourth-order valence-corrected chi connectivity index (χ4v) is 2.11. The summed E-state index contributed by atoms with van der Waals surface area (Å²) in [6.45, 7) is 12.0. The van der Waals surface area contributed by atoms with Crippen LogP contribution in [0.3, 0.4) is 0 Å². The Hall–Kier alpha value is -1.36. The van der Waals surface area contributed by atoms with E-state index in [-0.39, 0.29) is 0 Å². The molecule has 0 aliphatic carbocycles. The molecule has 0 aliphatic rings. The highest BCUT2D eigenvalue weighted by Crippen LogP contribution is 2.12. The zero-order valence-corrected chi connectivity index (χ0v) is 12.7. The number of anilines is 2. The summed E-state index contributed by atoms with van der Waals surface area (Å²) in [5.74, 6) is 1.68. The smallest absolute Gasteiger partial charge is 0.224 e. The van der Waals surface area contributed by atoms with Crippen molar-refractivity contribution in [1.29, 1.82) is 0 Å². The van der Waals surface area contributed by atoms with Crippen molar-refractivity contribution in [1.82, 2.24) is 14.9 Å². The van der Waals surface area contributed by atoms with Gasteiger partial charge in [-0.3, -0.25) is 0 Å². The van der Waals surface area contributed by atoms with Crippen LogP contribution in [-0.2, 0) is 0 Å². The molecule has 1 N–H and O–H groups in total. The summed E-state index contributed by atoms with van der Waals surface area (Å²) in [5, 5.41) is 2.98. The minimum absolute atomic E-state index is 0.680. The summed E-state index contributed by atoms with van der Waals surface area (Å²) in [6, 6.07) is 1.97. The Kier molecular flexibility index (Phi) is 7.18. The molecule has 1 rings (SSSR count). The minimum Gasteiger partial charge on any atom is -0.357 e. The fraction of sp³-hybridized carbons (Fsp3) is 0.714. The molecule has 0 aliphatic heterocycles. The predicted octanol–water partition coefficient (Wildman–Crippen LogP) is 2.08. The van der Waals surface area contributed by atoms with E-state index in [0.29, 0.717) is 5.95 Å². The molecule has 0 saturated heterocycles. The third-order valence-corrected chi connectivity index (χ3v) is 3.37. The number of hydrogen-bond donors (Lipinski definition) is 1. The van der Waals surface area contributed by atoms with Crippen LogP contribution in [0.2, 0.25) is 0 Å². The van der Waals surface area contributed by atoms with Crippen LogP contribution in [0.1, 0.15) is 27.2 Å². The molecule has 0 aromatic carbocycles. The monoisotopic (exact) mass is 265 g/mol. The standard InChI is InChI=1S/C14H27N5/c1-5-18(6-2)11-8-12-19(7-3)13-9-10-16-14(15-4)17-13/h9-10H,5-8,11-12H2,1-4H3,(H,15,16,17).